The molecule has 0 radical (unpaired) electrons. The monoisotopic (exact) mass is 320 g/mol. The molecule has 0 bridgehead atoms. The van der Waals surface area contributed by atoms with Crippen LogP contribution in [0.5, 0.6) is 0 Å². The number of amides is 2. The summed E-state index contributed by atoms with van der Waals surface area (Å²) in [6, 6.07) is 6.76. The number of benzene rings is 1. The van der Waals surface area contributed by atoms with Gasteiger partial charge in [-0.25, -0.2) is 9.18 Å². The van der Waals surface area contributed by atoms with Crippen molar-refractivity contribution in [2.24, 2.45) is 5.41 Å². The maximum atomic E-state index is 13.8. The fraction of sp³-hybridized carbons (Fsp3) is 0.611. The molecule has 3 rings (SSSR count). The highest BCUT2D eigenvalue weighted by atomic mass is 19.1. The largest absolute Gasteiger partial charge is 0.396 e. The van der Waals surface area contributed by atoms with E-state index in [2.05, 4.69) is 12.2 Å². The summed E-state index contributed by atoms with van der Waals surface area (Å²) >= 11 is 0. The lowest BCUT2D eigenvalue weighted by Crippen LogP contribution is -2.48. The van der Waals surface area contributed by atoms with Gasteiger partial charge in [0, 0.05) is 31.7 Å². The zero-order valence-electron chi connectivity index (χ0n) is 13.6. The van der Waals surface area contributed by atoms with Crippen molar-refractivity contribution in [3.8, 4) is 0 Å². The Bertz CT molecular complexity index is 564. The van der Waals surface area contributed by atoms with Gasteiger partial charge in [0.2, 0.25) is 0 Å². The van der Waals surface area contributed by atoms with E-state index in [1.54, 1.807) is 12.1 Å². The molecule has 4 nitrogen and oxygen atoms in total. The number of hydrogen-bond donors (Lipinski definition) is 2. The van der Waals surface area contributed by atoms with Crippen LogP contribution in [0.3, 0.4) is 0 Å². The lowest BCUT2D eigenvalue weighted by molar-refractivity contribution is 0.0519. The predicted octanol–water partition coefficient (Wildman–Crippen LogP) is 2.88. The fourth-order valence-corrected chi connectivity index (χ4v) is 3.53. The number of nitrogens with one attached hydrogen (secondary N) is 1. The molecule has 5 heteroatoms. The third kappa shape index (κ3) is 3.34. The molecule has 1 aliphatic carbocycles. The van der Waals surface area contributed by atoms with Crippen LogP contribution in [0.25, 0.3) is 0 Å². The lowest BCUT2D eigenvalue weighted by atomic mass is 9.77. The molecule has 1 saturated heterocycles. The molecule has 1 aromatic rings. The molecule has 0 aromatic heterocycles. The number of halogens is 1. The Kier molecular flexibility index (Phi) is 4.57. The van der Waals surface area contributed by atoms with Gasteiger partial charge in [0.05, 0.1) is 0 Å². The summed E-state index contributed by atoms with van der Waals surface area (Å²) < 4.78 is 13.8. The number of rotatable bonds is 4. The summed E-state index contributed by atoms with van der Waals surface area (Å²) in [5.74, 6) is -0.0972. The van der Waals surface area contributed by atoms with Crippen LogP contribution >= 0.6 is 0 Å². The molecule has 2 unspecified atom stereocenters. The van der Waals surface area contributed by atoms with E-state index in [9.17, 15) is 14.3 Å². The van der Waals surface area contributed by atoms with Gasteiger partial charge in [-0.15, -0.1) is 0 Å². The minimum atomic E-state index is -0.192. The molecule has 2 fully saturated rings. The SMILES string of the molecule is CCC1(CO)CCN(C(=O)NC2CC2c2ccccc2F)CC1. The summed E-state index contributed by atoms with van der Waals surface area (Å²) in [5.41, 5.74) is 0.674. The molecule has 1 saturated carbocycles. The Labute approximate surface area is 136 Å². The molecule has 2 N–H and O–H groups in total. The zero-order valence-corrected chi connectivity index (χ0v) is 13.6. The van der Waals surface area contributed by atoms with Crippen molar-refractivity contribution >= 4 is 6.03 Å². The number of hydrogen-bond acceptors (Lipinski definition) is 2. The van der Waals surface area contributed by atoms with Crippen LogP contribution in [0.1, 0.15) is 44.1 Å². The quantitative estimate of drug-likeness (QED) is 0.896. The molecule has 1 aromatic carbocycles. The minimum Gasteiger partial charge on any atom is -0.396 e. The first kappa shape index (κ1) is 16.2. The summed E-state index contributed by atoms with van der Waals surface area (Å²) in [7, 11) is 0. The Hall–Kier alpha value is -1.62. The number of urea groups is 1. The van der Waals surface area contributed by atoms with E-state index in [1.807, 2.05) is 11.0 Å². The van der Waals surface area contributed by atoms with E-state index in [0.29, 0.717) is 18.7 Å². The molecule has 1 heterocycles. The predicted molar refractivity (Wildman–Crippen MR) is 86.7 cm³/mol. The Balaban J connectivity index is 1.51. The number of piperidine rings is 1. The minimum absolute atomic E-state index is 0.0218. The highest BCUT2D eigenvalue weighted by Crippen LogP contribution is 2.42. The van der Waals surface area contributed by atoms with E-state index in [-0.39, 0.29) is 35.8 Å². The maximum Gasteiger partial charge on any atom is 0.317 e. The standard InChI is InChI=1S/C18H25FN2O2/c1-2-18(12-22)7-9-21(10-8-18)17(23)20-16-11-14(16)13-5-3-4-6-15(13)19/h3-6,14,16,22H,2,7-12H2,1H3,(H,20,23). The highest BCUT2D eigenvalue weighted by Gasteiger charge is 2.42. The molecule has 2 atom stereocenters. The average molecular weight is 320 g/mol. The van der Waals surface area contributed by atoms with Crippen molar-refractivity contribution in [2.45, 2.75) is 44.6 Å². The third-order valence-electron chi connectivity index (χ3n) is 5.60. The summed E-state index contributed by atoms with van der Waals surface area (Å²) in [6.45, 7) is 3.64. The van der Waals surface area contributed by atoms with E-state index in [4.69, 9.17) is 0 Å². The normalized spacial score (nSPS) is 26.0. The van der Waals surface area contributed by atoms with Crippen molar-refractivity contribution in [3.05, 3.63) is 35.6 Å². The first-order chi connectivity index (χ1) is 11.1. The first-order valence-electron chi connectivity index (χ1n) is 8.49. The fourth-order valence-electron chi connectivity index (χ4n) is 3.53. The number of carbonyl (C=O) groups is 1. The summed E-state index contributed by atoms with van der Waals surface area (Å²) in [6.07, 6.45) is 3.43. The molecule has 2 aliphatic rings. The van der Waals surface area contributed by atoms with Gasteiger partial charge < -0.3 is 15.3 Å². The summed E-state index contributed by atoms with van der Waals surface area (Å²) in [4.78, 5) is 14.2. The van der Waals surface area contributed by atoms with Crippen LogP contribution in [0, 0.1) is 11.2 Å². The van der Waals surface area contributed by atoms with Gasteiger partial charge in [0.15, 0.2) is 0 Å². The van der Waals surface area contributed by atoms with Gasteiger partial charge in [-0.3, -0.25) is 0 Å². The molecule has 0 spiro atoms. The highest BCUT2D eigenvalue weighted by molar-refractivity contribution is 5.75. The molecule has 1 aliphatic heterocycles. The van der Waals surface area contributed by atoms with Crippen molar-refractivity contribution in [2.75, 3.05) is 19.7 Å². The third-order valence-corrected chi connectivity index (χ3v) is 5.60. The second-order valence-electron chi connectivity index (χ2n) is 6.92. The molecule has 2 amide bonds. The Morgan fingerprint density at radius 1 is 1.39 bits per heavy atom. The molecular formula is C18H25FN2O2. The zero-order chi connectivity index (χ0) is 16.4. The van der Waals surface area contributed by atoms with Crippen LogP contribution in [0.15, 0.2) is 24.3 Å². The van der Waals surface area contributed by atoms with Gasteiger partial charge >= 0.3 is 6.03 Å². The molecule has 126 valence electrons. The van der Waals surface area contributed by atoms with Crippen molar-refractivity contribution < 1.29 is 14.3 Å². The number of aliphatic hydroxyl groups excluding tert-OH is 1. The number of nitrogens with zero attached hydrogens (tertiary/aromatic N) is 1. The van der Waals surface area contributed by atoms with Crippen LogP contribution in [-0.4, -0.2) is 41.8 Å². The smallest absolute Gasteiger partial charge is 0.317 e. The van der Waals surface area contributed by atoms with Crippen LogP contribution < -0.4 is 5.32 Å². The van der Waals surface area contributed by atoms with E-state index in [0.717, 1.165) is 25.7 Å². The second kappa shape index (κ2) is 6.48. The molecule has 23 heavy (non-hydrogen) atoms. The van der Waals surface area contributed by atoms with Gasteiger partial charge in [0.1, 0.15) is 5.82 Å². The van der Waals surface area contributed by atoms with Crippen molar-refractivity contribution in [1.82, 2.24) is 10.2 Å². The summed E-state index contributed by atoms with van der Waals surface area (Å²) in [5, 5.41) is 12.6. The van der Waals surface area contributed by atoms with Crippen molar-refractivity contribution in [3.63, 3.8) is 0 Å². The lowest BCUT2D eigenvalue weighted by Gasteiger charge is -2.40. The van der Waals surface area contributed by atoms with Gasteiger partial charge in [0.25, 0.3) is 0 Å². The second-order valence-corrected chi connectivity index (χ2v) is 6.92. The van der Waals surface area contributed by atoms with Crippen LogP contribution in [0.2, 0.25) is 0 Å². The number of likely N-dealkylation sites (tertiary alicyclic amines) is 1. The maximum absolute atomic E-state index is 13.8. The van der Waals surface area contributed by atoms with Crippen LogP contribution in [-0.2, 0) is 0 Å². The number of aliphatic hydroxyl groups is 1. The Morgan fingerprint density at radius 3 is 2.70 bits per heavy atom. The average Bonchev–Trinajstić information content (AvgIpc) is 3.34. The number of carbonyl (C=O) groups excluding carboxylic acids is 1. The van der Waals surface area contributed by atoms with E-state index < -0.39 is 0 Å². The van der Waals surface area contributed by atoms with Gasteiger partial charge in [-0.1, -0.05) is 25.1 Å². The van der Waals surface area contributed by atoms with Crippen molar-refractivity contribution in [1.29, 1.82) is 0 Å². The van der Waals surface area contributed by atoms with Gasteiger partial charge in [-0.2, -0.15) is 0 Å². The topological polar surface area (TPSA) is 52.6 Å². The molecular weight excluding hydrogens is 295 g/mol. The Morgan fingerprint density at radius 2 is 2.09 bits per heavy atom. The van der Waals surface area contributed by atoms with E-state index >= 15 is 0 Å². The van der Waals surface area contributed by atoms with E-state index in [1.165, 1.54) is 6.07 Å². The first-order valence-corrected chi connectivity index (χ1v) is 8.49. The van der Waals surface area contributed by atoms with Gasteiger partial charge in [-0.05, 0) is 42.7 Å². The van der Waals surface area contributed by atoms with Crippen LogP contribution in [0.4, 0.5) is 9.18 Å².